The molecule has 1 aromatic rings. The molecule has 1 aromatic carbocycles. The van der Waals surface area contributed by atoms with Gasteiger partial charge in [-0.1, -0.05) is 6.07 Å². The Balaban J connectivity index is 1.97. The zero-order valence-corrected chi connectivity index (χ0v) is 10.2. The van der Waals surface area contributed by atoms with Crippen molar-refractivity contribution in [2.45, 2.75) is 23.8 Å². The maximum absolute atomic E-state index is 13.2. The van der Waals surface area contributed by atoms with Crippen molar-refractivity contribution in [2.24, 2.45) is 0 Å². The average molecular weight is 269 g/mol. The highest BCUT2D eigenvalue weighted by atomic mass is 32.2. The Labute approximate surface area is 106 Å². The minimum atomic E-state index is -1.19. The van der Waals surface area contributed by atoms with Crippen LogP contribution in [0.25, 0.3) is 0 Å². The molecule has 4 atom stereocenters. The largest absolute Gasteiger partial charge is 0.480 e. The number of rotatable bonds is 1. The van der Waals surface area contributed by atoms with Gasteiger partial charge in [-0.2, -0.15) is 0 Å². The zero-order chi connectivity index (χ0) is 12.9. The van der Waals surface area contributed by atoms with Crippen molar-refractivity contribution >= 4 is 16.8 Å². The van der Waals surface area contributed by atoms with Gasteiger partial charge in [0.05, 0.1) is 11.0 Å². The van der Waals surface area contributed by atoms with Crippen LogP contribution in [0.5, 0.6) is 0 Å². The summed E-state index contributed by atoms with van der Waals surface area (Å²) in [5.74, 6) is -1.18. The molecule has 1 aliphatic carbocycles. The van der Waals surface area contributed by atoms with E-state index in [1.807, 2.05) is 0 Å². The second-order valence-electron chi connectivity index (χ2n) is 4.67. The molecule has 4 nitrogen and oxygen atoms in total. The van der Waals surface area contributed by atoms with Crippen molar-refractivity contribution < 1.29 is 18.5 Å². The Morgan fingerprint density at radius 1 is 1.50 bits per heavy atom. The van der Waals surface area contributed by atoms with E-state index in [-0.39, 0.29) is 22.9 Å². The van der Waals surface area contributed by atoms with E-state index in [0.29, 0.717) is 6.42 Å². The summed E-state index contributed by atoms with van der Waals surface area (Å²) in [6, 6.07) is 3.43. The van der Waals surface area contributed by atoms with Gasteiger partial charge in [-0.25, -0.2) is 4.39 Å². The highest BCUT2D eigenvalue weighted by molar-refractivity contribution is 7.85. The van der Waals surface area contributed by atoms with Crippen LogP contribution in [0.2, 0.25) is 0 Å². The Morgan fingerprint density at radius 3 is 3.00 bits per heavy atom. The number of carboxylic acid groups (broad SMARTS) is 1. The SMILES string of the molecule is O=C(O)C1CS(=O)C2Cc3cc(F)ccc3C2N1. The molecule has 0 radical (unpaired) electrons. The van der Waals surface area contributed by atoms with Crippen LogP contribution in [0.4, 0.5) is 4.39 Å². The normalized spacial score (nSPS) is 33.8. The van der Waals surface area contributed by atoms with E-state index in [9.17, 15) is 13.4 Å². The van der Waals surface area contributed by atoms with E-state index in [4.69, 9.17) is 5.11 Å². The van der Waals surface area contributed by atoms with Crippen LogP contribution >= 0.6 is 0 Å². The molecule has 1 fully saturated rings. The maximum atomic E-state index is 13.2. The lowest BCUT2D eigenvalue weighted by Gasteiger charge is -2.31. The highest BCUT2D eigenvalue weighted by Crippen LogP contribution is 2.37. The quantitative estimate of drug-likeness (QED) is 0.783. The van der Waals surface area contributed by atoms with Gasteiger partial charge in [0.2, 0.25) is 0 Å². The second-order valence-corrected chi connectivity index (χ2v) is 6.37. The van der Waals surface area contributed by atoms with Crippen LogP contribution in [0.3, 0.4) is 0 Å². The van der Waals surface area contributed by atoms with Gasteiger partial charge in [-0.3, -0.25) is 14.3 Å². The van der Waals surface area contributed by atoms with Gasteiger partial charge in [0.1, 0.15) is 11.9 Å². The molecule has 1 aliphatic heterocycles. The van der Waals surface area contributed by atoms with E-state index in [0.717, 1.165) is 11.1 Å². The first-order valence-electron chi connectivity index (χ1n) is 5.70. The first kappa shape index (κ1) is 11.8. The van der Waals surface area contributed by atoms with Crippen LogP contribution in [-0.4, -0.2) is 32.3 Å². The fraction of sp³-hybridized carbons (Fsp3) is 0.417. The van der Waals surface area contributed by atoms with Crippen LogP contribution in [0, 0.1) is 5.82 Å². The van der Waals surface area contributed by atoms with Crippen molar-refractivity contribution in [3.63, 3.8) is 0 Å². The minimum Gasteiger partial charge on any atom is -0.480 e. The second kappa shape index (κ2) is 4.13. The molecular formula is C12H12FNO3S. The molecule has 18 heavy (non-hydrogen) atoms. The molecule has 2 N–H and O–H groups in total. The molecule has 0 spiro atoms. The van der Waals surface area contributed by atoms with E-state index >= 15 is 0 Å². The minimum absolute atomic E-state index is 0.118. The topological polar surface area (TPSA) is 66.4 Å². The molecular weight excluding hydrogens is 257 g/mol. The van der Waals surface area contributed by atoms with Gasteiger partial charge < -0.3 is 5.11 Å². The molecule has 1 saturated heterocycles. The molecule has 0 saturated carbocycles. The summed E-state index contributed by atoms with van der Waals surface area (Å²) in [5.41, 5.74) is 1.71. The third kappa shape index (κ3) is 1.76. The first-order chi connectivity index (χ1) is 8.56. The van der Waals surface area contributed by atoms with E-state index in [1.54, 1.807) is 6.07 Å². The predicted octanol–water partition coefficient (Wildman–Crippen LogP) is 0.597. The summed E-state index contributed by atoms with van der Waals surface area (Å²) >= 11 is 0. The lowest BCUT2D eigenvalue weighted by atomic mass is 10.1. The first-order valence-corrected chi connectivity index (χ1v) is 7.09. The van der Waals surface area contributed by atoms with Gasteiger partial charge in [0, 0.05) is 16.8 Å². The number of carbonyl (C=O) groups is 1. The molecule has 6 heteroatoms. The number of benzene rings is 1. The summed E-state index contributed by atoms with van der Waals surface area (Å²) in [7, 11) is -1.19. The Bertz CT molecular complexity index is 548. The van der Waals surface area contributed by atoms with Gasteiger partial charge in [0.15, 0.2) is 0 Å². The fourth-order valence-corrected chi connectivity index (χ4v) is 4.44. The number of nitrogens with one attached hydrogen (secondary N) is 1. The van der Waals surface area contributed by atoms with Gasteiger partial charge in [-0.05, 0) is 29.7 Å². The molecule has 0 amide bonds. The summed E-state index contributed by atoms with van der Waals surface area (Å²) < 4.78 is 25.2. The van der Waals surface area contributed by atoms with Crippen molar-refractivity contribution in [3.05, 3.63) is 35.1 Å². The van der Waals surface area contributed by atoms with Crippen molar-refractivity contribution in [1.82, 2.24) is 5.32 Å². The molecule has 1 heterocycles. The third-order valence-corrected chi connectivity index (χ3v) is 5.36. The predicted molar refractivity (Wildman–Crippen MR) is 64.2 cm³/mol. The highest BCUT2D eigenvalue weighted by Gasteiger charge is 2.43. The van der Waals surface area contributed by atoms with Crippen LogP contribution in [-0.2, 0) is 22.0 Å². The van der Waals surface area contributed by atoms with E-state index < -0.39 is 22.8 Å². The molecule has 0 bridgehead atoms. The third-order valence-electron chi connectivity index (χ3n) is 3.58. The van der Waals surface area contributed by atoms with Crippen LogP contribution in [0.15, 0.2) is 18.2 Å². The fourth-order valence-electron chi connectivity index (χ4n) is 2.73. The molecule has 0 aromatic heterocycles. The lowest BCUT2D eigenvalue weighted by molar-refractivity contribution is -0.139. The number of halogens is 1. The smallest absolute Gasteiger partial charge is 0.321 e. The zero-order valence-electron chi connectivity index (χ0n) is 9.43. The van der Waals surface area contributed by atoms with Crippen LogP contribution in [0.1, 0.15) is 17.2 Å². The van der Waals surface area contributed by atoms with Crippen molar-refractivity contribution in [3.8, 4) is 0 Å². The average Bonchev–Trinajstić information content (AvgIpc) is 2.67. The van der Waals surface area contributed by atoms with E-state index in [1.165, 1.54) is 12.1 Å². The number of hydrogen-bond acceptors (Lipinski definition) is 3. The number of aliphatic carboxylic acids is 1. The van der Waals surface area contributed by atoms with Gasteiger partial charge in [0.25, 0.3) is 0 Å². The molecule has 4 unspecified atom stereocenters. The summed E-state index contributed by atoms with van der Waals surface area (Å²) in [5, 5.41) is 11.9. The van der Waals surface area contributed by atoms with Gasteiger partial charge >= 0.3 is 5.97 Å². The maximum Gasteiger partial charge on any atom is 0.321 e. The van der Waals surface area contributed by atoms with Gasteiger partial charge in [-0.15, -0.1) is 0 Å². The Hall–Kier alpha value is -1.27. The molecule has 96 valence electrons. The lowest BCUT2D eigenvalue weighted by Crippen LogP contribution is -2.52. The monoisotopic (exact) mass is 269 g/mol. The van der Waals surface area contributed by atoms with Crippen LogP contribution < -0.4 is 5.32 Å². The molecule has 3 rings (SSSR count). The van der Waals surface area contributed by atoms with Crippen molar-refractivity contribution in [1.29, 1.82) is 0 Å². The van der Waals surface area contributed by atoms with E-state index in [2.05, 4.69) is 5.32 Å². The summed E-state index contributed by atoms with van der Waals surface area (Å²) in [6.07, 6.45) is 0.545. The Kier molecular flexibility index (Phi) is 2.71. The Morgan fingerprint density at radius 2 is 2.28 bits per heavy atom. The number of carboxylic acids is 1. The molecule has 2 aliphatic rings. The number of fused-ring (bicyclic) bond motifs is 3. The number of hydrogen-bond donors (Lipinski definition) is 2. The summed E-state index contributed by atoms with van der Waals surface area (Å²) in [4.78, 5) is 11.0. The van der Waals surface area contributed by atoms with Crippen molar-refractivity contribution in [2.75, 3.05) is 5.75 Å². The standard InChI is InChI=1S/C12H12FNO3S/c13-7-1-2-8-6(3-7)4-10-11(8)14-9(12(15)16)5-18(10)17/h1-3,9-11,14H,4-5H2,(H,15,16). The summed E-state index contributed by atoms with van der Waals surface area (Å²) in [6.45, 7) is 0.